The molecule has 3 rings (SSSR count). The third kappa shape index (κ3) is 4.67. The molecule has 2 fully saturated rings. The molecule has 1 unspecified atom stereocenters. The molecular weight excluding hydrogens is 306 g/mol. The number of amides is 2. The molecule has 134 valence electrons. The van der Waals surface area contributed by atoms with Crippen molar-refractivity contribution in [1.82, 2.24) is 34.8 Å². The zero-order valence-corrected chi connectivity index (χ0v) is 14.6. The van der Waals surface area contributed by atoms with Gasteiger partial charge in [0, 0.05) is 51.9 Å². The lowest BCUT2D eigenvalue weighted by Gasteiger charge is -2.35. The molecule has 1 N–H and O–H groups in total. The number of hydrogen-bond donors (Lipinski definition) is 1. The molecule has 0 radical (unpaired) electrons. The van der Waals surface area contributed by atoms with Gasteiger partial charge in [0.15, 0.2) is 0 Å². The van der Waals surface area contributed by atoms with Gasteiger partial charge < -0.3 is 15.1 Å². The zero-order valence-electron chi connectivity index (χ0n) is 14.6. The zero-order chi connectivity index (χ0) is 16.8. The van der Waals surface area contributed by atoms with Crippen molar-refractivity contribution in [3.05, 3.63) is 12.7 Å². The van der Waals surface area contributed by atoms with Crippen LogP contribution in [0.3, 0.4) is 0 Å². The largest absolute Gasteiger partial charge is 0.334 e. The fourth-order valence-corrected chi connectivity index (χ4v) is 3.50. The predicted molar refractivity (Wildman–Crippen MR) is 91.7 cm³/mol. The summed E-state index contributed by atoms with van der Waals surface area (Å²) in [6.07, 6.45) is 5.56. The van der Waals surface area contributed by atoms with Gasteiger partial charge in [-0.2, -0.15) is 5.10 Å². The van der Waals surface area contributed by atoms with E-state index in [0.717, 1.165) is 65.3 Å². The van der Waals surface area contributed by atoms with E-state index >= 15 is 0 Å². The Labute approximate surface area is 143 Å². The van der Waals surface area contributed by atoms with Crippen molar-refractivity contribution in [2.75, 3.05) is 52.4 Å². The minimum atomic E-state index is 0.106. The molecule has 8 heteroatoms. The van der Waals surface area contributed by atoms with E-state index in [1.807, 2.05) is 9.58 Å². The summed E-state index contributed by atoms with van der Waals surface area (Å²) >= 11 is 0. The fourth-order valence-electron chi connectivity index (χ4n) is 3.50. The van der Waals surface area contributed by atoms with E-state index in [1.165, 1.54) is 6.42 Å². The topological polar surface area (TPSA) is 69.5 Å². The van der Waals surface area contributed by atoms with Crippen LogP contribution in [0.4, 0.5) is 4.79 Å². The molecule has 2 amide bonds. The summed E-state index contributed by atoms with van der Waals surface area (Å²) in [6, 6.07) is 0.420. The van der Waals surface area contributed by atoms with Gasteiger partial charge in [-0.15, -0.1) is 0 Å². The molecule has 1 atom stereocenters. The maximum absolute atomic E-state index is 12.4. The SMILES string of the molecule is CCCN1CCC(NC(=O)N2CCN(CCn3cncn3)CC2)C1. The molecule has 0 saturated carbocycles. The van der Waals surface area contributed by atoms with Crippen molar-refractivity contribution in [3.63, 3.8) is 0 Å². The highest BCUT2D eigenvalue weighted by molar-refractivity contribution is 5.74. The smallest absolute Gasteiger partial charge is 0.317 e. The van der Waals surface area contributed by atoms with E-state index in [4.69, 9.17) is 0 Å². The van der Waals surface area contributed by atoms with Crippen LogP contribution in [0.25, 0.3) is 0 Å². The molecular formula is C16H29N7O. The Morgan fingerprint density at radius 2 is 1.96 bits per heavy atom. The summed E-state index contributed by atoms with van der Waals surface area (Å²) < 4.78 is 1.85. The fraction of sp³-hybridized carbons (Fsp3) is 0.812. The second-order valence-electron chi connectivity index (χ2n) is 6.72. The third-order valence-electron chi connectivity index (χ3n) is 4.91. The number of urea groups is 1. The van der Waals surface area contributed by atoms with Gasteiger partial charge >= 0.3 is 6.03 Å². The lowest BCUT2D eigenvalue weighted by molar-refractivity contribution is 0.134. The Morgan fingerprint density at radius 3 is 2.67 bits per heavy atom. The Balaban J connectivity index is 1.34. The standard InChI is InChI=1S/C16H29N7O/c1-2-4-21-5-3-15(12-21)19-16(24)22-9-6-20(7-10-22)8-11-23-14-17-13-18-23/h13-15H,2-12H2,1H3,(H,19,24). The molecule has 0 bridgehead atoms. The molecule has 2 saturated heterocycles. The van der Waals surface area contributed by atoms with E-state index in [-0.39, 0.29) is 6.03 Å². The Kier molecular flexibility index (Phi) is 6.03. The number of nitrogens with one attached hydrogen (secondary N) is 1. The maximum Gasteiger partial charge on any atom is 0.317 e. The minimum Gasteiger partial charge on any atom is -0.334 e. The molecule has 1 aromatic heterocycles. The van der Waals surface area contributed by atoms with Crippen molar-refractivity contribution >= 4 is 6.03 Å². The summed E-state index contributed by atoms with van der Waals surface area (Å²) in [5.74, 6) is 0. The average molecular weight is 335 g/mol. The van der Waals surface area contributed by atoms with Crippen LogP contribution in [0.5, 0.6) is 0 Å². The predicted octanol–water partition coefficient (Wildman–Crippen LogP) is 0.0896. The molecule has 0 spiro atoms. The minimum absolute atomic E-state index is 0.106. The van der Waals surface area contributed by atoms with Crippen LogP contribution in [0.1, 0.15) is 19.8 Å². The van der Waals surface area contributed by atoms with Gasteiger partial charge in [0.05, 0.1) is 6.54 Å². The van der Waals surface area contributed by atoms with Crippen LogP contribution in [-0.2, 0) is 6.54 Å². The first-order valence-electron chi connectivity index (χ1n) is 9.07. The molecule has 8 nitrogen and oxygen atoms in total. The summed E-state index contributed by atoms with van der Waals surface area (Å²) in [6.45, 7) is 10.7. The second kappa shape index (κ2) is 8.43. The lowest BCUT2D eigenvalue weighted by atomic mass is 10.2. The lowest BCUT2D eigenvalue weighted by Crippen LogP contribution is -2.54. The number of carbonyl (C=O) groups excluding carboxylic acids is 1. The monoisotopic (exact) mass is 335 g/mol. The van der Waals surface area contributed by atoms with Crippen LogP contribution >= 0.6 is 0 Å². The Bertz CT molecular complexity index is 499. The number of hydrogen-bond acceptors (Lipinski definition) is 5. The van der Waals surface area contributed by atoms with Crippen molar-refractivity contribution in [1.29, 1.82) is 0 Å². The first kappa shape index (κ1) is 17.2. The van der Waals surface area contributed by atoms with E-state index in [9.17, 15) is 4.79 Å². The highest BCUT2D eigenvalue weighted by atomic mass is 16.2. The molecule has 1 aromatic rings. The Hall–Kier alpha value is -1.67. The van der Waals surface area contributed by atoms with Gasteiger partial charge in [-0.1, -0.05) is 6.92 Å². The van der Waals surface area contributed by atoms with Gasteiger partial charge in [0.1, 0.15) is 12.7 Å². The highest BCUT2D eigenvalue weighted by Gasteiger charge is 2.26. The quantitative estimate of drug-likeness (QED) is 0.798. The van der Waals surface area contributed by atoms with E-state index < -0.39 is 0 Å². The normalized spacial score (nSPS) is 22.9. The third-order valence-corrected chi connectivity index (χ3v) is 4.91. The number of carbonyl (C=O) groups is 1. The molecule has 0 aliphatic carbocycles. The van der Waals surface area contributed by atoms with Gasteiger partial charge in [-0.25, -0.2) is 9.78 Å². The van der Waals surface area contributed by atoms with Gasteiger partial charge in [-0.3, -0.25) is 9.58 Å². The van der Waals surface area contributed by atoms with Gasteiger partial charge in [-0.05, 0) is 19.4 Å². The van der Waals surface area contributed by atoms with Crippen LogP contribution in [0, 0.1) is 0 Å². The van der Waals surface area contributed by atoms with E-state index in [1.54, 1.807) is 12.7 Å². The number of nitrogens with zero attached hydrogens (tertiary/aromatic N) is 6. The average Bonchev–Trinajstić information content (AvgIpc) is 3.26. The first-order chi connectivity index (χ1) is 11.7. The van der Waals surface area contributed by atoms with Crippen LogP contribution in [0.2, 0.25) is 0 Å². The van der Waals surface area contributed by atoms with Crippen molar-refractivity contribution in [2.45, 2.75) is 32.4 Å². The van der Waals surface area contributed by atoms with Crippen molar-refractivity contribution < 1.29 is 4.79 Å². The molecule has 0 aromatic carbocycles. The number of rotatable bonds is 6. The summed E-state index contributed by atoms with van der Waals surface area (Å²) in [5.41, 5.74) is 0. The van der Waals surface area contributed by atoms with Gasteiger partial charge in [0.2, 0.25) is 0 Å². The van der Waals surface area contributed by atoms with Gasteiger partial charge in [0.25, 0.3) is 0 Å². The summed E-state index contributed by atoms with van der Waals surface area (Å²) in [5, 5.41) is 7.33. The number of likely N-dealkylation sites (tertiary alicyclic amines) is 1. The van der Waals surface area contributed by atoms with E-state index in [0.29, 0.717) is 6.04 Å². The maximum atomic E-state index is 12.4. The summed E-state index contributed by atoms with van der Waals surface area (Å²) in [7, 11) is 0. The number of piperazine rings is 1. The first-order valence-corrected chi connectivity index (χ1v) is 9.07. The molecule has 2 aliphatic heterocycles. The molecule has 3 heterocycles. The van der Waals surface area contributed by atoms with Crippen LogP contribution in [0.15, 0.2) is 12.7 Å². The van der Waals surface area contributed by atoms with Crippen LogP contribution < -0.4 is 5.32 Å². The highest BCUT2D eigenvalue weighted by Crippen LogP contribution is 2.10. The summed E-state index contributed by atoms with van der Waals surface area (Å²) in [4.78, 5) is 23.2. The molecule has 2 aliphatic rings. The van der Waals surface area contributed by atoms with Crippen LogP contribution in [-0.4, -0.2) is 93.9 Å². The number of aromatic nitrogens is 3. The second-order valence-corrected chi connectivity index (χ2v) is 6.72. The molecule has 24 heavy (non-hydrogen) atoms. The Morgan fingerprint density at radius 1 is 1.12 bits per heavy atom. The van der Waals surface area contributed by atoms with Crippen molar-refractivity contribution in [3.8, 4) is 0 Å². The van der Waals surface area contributed by atoms with Crippen molar-refractivity contribution in [2.24, 2.45) is 0 Å². The van der Waals surface area contributed by atoms with E-state index in [2.05, 4.69) is 32.1 Å².